The molecule has 0 unspecified atom stereocenters. The van der Waals surface area contributed by atoms with Crippen molar-refractivity contribution in [3.63, 3.8) is 0 Å². The lowest BCUT2D eigenvalue weighted by Crippen LogP contribution is -2.44. The molecule has 2 heterocycles. The molecule has 2 rings (SSSR count). The number of ether oxygens (including phenoxy) is 1. The summed E-state index contributed by atoms with van der Waals surface area (Å²) in [5.74, 6) is 0.550. The first-order chi connectivity index (χ1) is 7.86. The van der Waals surface area contributed by atoms with Gasteiger partial charge in [-0.2, -0.15) is 10.2 Å². The van der Waals surface area contributed by atoms with E-state index in [1.807, 2.05) is 17.0 Å². The van der Waals surface area contributed by atoms with Gasteiger partial charge in [0.2, 0.25) is 0 Å². The molecule has 1 aliphatic rings. The summed E-state index contributed by atoms with van der Waals surface area (Å²) in [7, 11) is 0. The van der Waals surface area contributed by atoms with Gasteiger partial charge in [0.25, 0.3) is 0 Å². The van der Waals surface area contributed by atoms with Crippen LogP contribution < -0.4 is 5.73 Å². The van der Waals surface area contributed by atoms with Gasteiger partial charge >= 0.3 is 0 Å². The lowest BCUT2D eigenvalue weighted by Gasteiger charge is -2.27. The number of guanidine groups is 1. The molecule has 0 bridgehead atoms. The van der Waals surface area contributed by atoms with Crippen LogP contribution in [0.25, 0.3) is 0 Å². The largest absolute Gasteiger partial charge is 0.378 e. The van der Waals surface area contributed by atoms with E-state index in [-0.39, 0.29) is 24.0 Å². The zero-order valence-corrected chi connectivity index (χ0v) is 11.8. The Bertz CT molecular complexity index is 353. The second kappa shape index (κ2) is 7.38. The number of hydrogen-bond acceptors (Lipinski definition) is 4. The van der Waals surface area contributed by atoms with Gasteiger partial charge in [0.15, 0.2) is 5.96 Å². The second-order valence-corrected chi connectivity index (χ2v) is 3.49. The summed E-state index contributed by atoms with van der Waals surface area (Å²) in [5, 5.41) is 7.72. The highest BCUT2D eigenvalue weighted by molar-refractivity contribution is 14.0. The Morgan fingerprint density at radius 3 is 2.88 bits per heavy atom. The number of aliphatic imine (C=N–C) groups is 1. The molecule has 1 aromatic heterocycles. The van der Waals surface area contributed by atoms with E-state index in [0.29, 0.717) is 25.7 Å². The van der Waals surface area contributed by atoms with Gasteiger partial charge in [-0.25, -0.2) is 4.99 Å². The Hall–Kier alpha value is -0.960. The molecule has 0 amide bonds. The summed E-state index contributed by atoms with van der Waals surface area (Å²) >= 11 is 0. The van der Waals surface area contributed by atoms with Crippen molar-refractivity contribution in [2.24, 2.45) is 10.7 Å². The average Bonchev–Trinajstić information content (AvgIpc) is 2.38. The third kappa shape index (κ3) is 4.43. The van der Waals surface area contributed by atoms with E-state index in [4.69, 9.17) is 10.5 Å². The average molecular weight is 349 g/mol. The van der Waals surface area contributed by atoms with Crippen LogP contribution in [-0.2, 0) is 11.3 Å². The van der Waals surface area contributed by atoms with Crippen LogP contribution in [0.15, 0.2) is 23.3 Å². The van der Waals surface area contributed by atoms with Crippen molar-refractivity contribution in [1.29, 1.82) is 0 Å². The predicted octanol–water partition coefficient (Wildman–Crippen LogP) is 0.241. The van der Waals surface area contributed by atoms with Crippen molar-refractivity contribution in [1.82, 2.24) is 15.1 Å². The van der Waals surface area contributed by atoms with Crippen molar-refractivity contribution in [3.8, 4) is 0 Å². The number of nitrogens with two attached hydrogens (primary N) is 1. The quantitative estimate of drug-likeness (QED) is 0.470. The SMILES string of the molecule is I.NC(=NCc1cccnn1)N1CCOCC1. The van der Waals surface area contributed by atoms with E-state index in [1.54, 1.807) is 6.20 Å². The Morgan fingerprint density at radius 1 is 1.47 bits per heavy atom. The van der Waals surface area contributed by atoms with Crippen LogP contribution in [0.1, 0.15) is 5.69 Å². The summed E-state index contributed by atoms with van der Waals surface area (Å²) in [6.45, 7) is 3.49. The van der Waals surface area contributed by atoms with E-state index in [2.05, 4.69) is 15.2 Å². The third-order valence-electron chi connectivity index (χ3n) is 2.37. The van der Waals surface area contributed by atoms with Gasteiger partial charge in [0.1, 0.15) is 0 Å². The van der Waals surface area contributed by atoms with Crippen LogP contribution in [0, 0.1) is 0 Å². The molecule has 1 fully saturated rings. The molecule has 94 valence electrons. The molecule has 0 saturated carbocycles. The van der Waals surface area contributed by atoms with Gasteiger partial charge in [-0.15, -0.1) is 24.0 Å². The summed E-state index contributed by atoms with van der Waals surface area (Å²) in [6.07, 6.45) is 1.64. The standard InChI is InChI=1S/C10H15N5O.HI/c11-10(15-4-6-16-7-5-15)12-8-9-2-1-3-13-14-9;/h1-3H,4-8H2,(H2,11,12);1H. The third-order valence-corrected chi connectivity index (χ3v) is 2.37. The molecular formula is C10H16IN5O. The Balaban J connectivity index is 0.00000144. The van der Waals surface area contributed by atoms with Gasteiger partial charge in [0, 0.05) is 19.3 Å². The lowest BCUT2D eigenvalue weighted by atomic mass is 10.4. The first-order valence-electron chi connectivity index (χ1n) is 5.25. The Kier molecular flexibility index (Phi) is 6.12. The molecule has 1 aliphatic heterocycles. The van der Waals surface area contributed by atoms with Crippen molar-refractivity contribution in [2.75, 3.05) is 26.3 Å². The monoisotopic (exact) mass is 349 g/mol. The minimum absolute atomic E-state index is 0. The molecule has 0 aliphatic carbocycles. The molecular weight excluding hydrogens is 333 g/mol. The highest BCUT2D eigenvalue weighted by atomic mass is 127. The number of morpholine rings is 1. The van der Waals surface area contributed by atoms with E-state index in [9.17, 15) is 0 Å². The fourth-order valence-corrected chi connectivity index (χ4v) is 1.47. The van der Waals surface area contributed by atoms with Crippen molar-refractivity contribution in [3.05, 3.63) is 24.0 Å². The van der Waals surface area contributed by atoms with Crippen molar-refractivity contribution >= 4 is 29.9 Å². The minimum atomic E-state index is 0. The van der Waals surface area contributed by atoms with Crippen LogP contribution >= 0.6 is 24.0 Å². The number of nitrogens with zero attached hydrogens (tertiary/aromatic N) is 4. The predicted molar refractivity (Wildman–Crippen MR) is 75.2 cm³/mol. The summed E-state index contributed by atoms with van der Waals surface area (Å²) in [5.41, 5.74) is 6.69. The van der Waals surface area contributed by atoms with Crippen LogP contribution in [0.5, 0.6) is 0 Å². The summed E-state index contributed by atoms with van der Waals surface area (Å²) in [4.78, 5) is 6.29. The molecule has 17 heavy (non-hydrogen) atoms. The van der Waals surface area contributed by atoms with Gasteiger partial charge in [-0.1, -0.05) is 0 Å². The van der Waals surface area contributed by atoms with Gasteiger partial charge in [-0.05, 0) is 12.1 Å². The maximum atomic E-state index is 5.87. The number of halogens is 1. The molecule has 0 radical (unpaired) electrons. The fourth-order valence-electron chi connectivity index (χ4n) is 1.47. The van der Waals surface area contributed by atoms with Crippen LogP contribution in [-0.4, -0.2) is 47.4 Å². The summed E-state index contributed by atoms with van der Waals surface area (Å²) < 4.78 is 5.24. The van der Waals surface area contributed by atoms with Gasteiger partial charge in [0.05, 0.1) is 25.5 Å². The topological polar surface area (TPSA) is 76.6 Å². The van der Waals surface area contributed by atoms with E-state index in [0.717, 1.165) is 18.8 Å². The number of rotatable bonds is 2. The Morgan fingerprint density at radius 2 is 2.24 bits per heavy atom. The number of aromatic nitrogens is 2. The molecule has 1 aromatic rings. The molecule has 0 aromatic carbocycles. The first-order valence-corrected chi connectivity index (χ1v) is 5.25. The maximum Gasteiger partial charge on any atom is 0.191 e. The summed E-state index contributed by atoms with van der Waals surface area (Å²) in [6, 6.07) is 3.71. The van der Waals surface area contributed by atoms with Crippen molar-refractivity contribution in [2.45, 2.75) is 6.54 Å². The minimum Gasteiger partial charge on any atom is -0.378 e. The zero-order valence-electron chi connectivity index (χ0n) is 9.45. The van der Waals surface area contributed by atoms with Gasteiger partial charge < -0.3 is 15.4 Å². The van der Waals surface area contributed by atoms with Crippen LogP contribution in [0.2, 0.25) is 0 Å². The van der Waals surface area contributed by atoms with Crippen LogP contribution in [0.3, 0.4) is 0 Å². The highest BCUT2D eigenvalue weighted by Crippen LogP contribution is 1.98. The smallest absolute Gasteiger partial charge is 0.191 e. The molecule has 7 heteroatoms. The maximum absolute atomic E-state index is 5.87. The zero-order chi connectivity index (χ0) is 11.2. The molecule has 0 spiro atoms. The lowest BCUT2D eigenvalue weighted by molar-refractivity contribution is 0.0674. The van der Waals surface area contributed by atoms with E-state index < -0.39 is 0 Å². The van der Waals surface area contributed by atoms with E-state index in [1.165, 1.54) is 0 Å². The van der Waals surface area contributed by atoms with E-state index >= 15 is 0 Å². The molecule has 2 N–H and O–H groups in total. The normalized spacial score (nSPS) is 16.5. The Labute approximate surface area is 117 Å². The van der Waals surface area contributed by atoms with Crippen molar-refractivity contribution < 1.29 is 4.74 Å². The first kappa shape index (κ1) is 14.1. The highest BCUT2D eigenvalue weighted by Gasteiger charge is 2.11. The molecule has 1 saturated heterocycles. The van der Waals surface area contributed by atoms with Gasteiger partial charge in [-0.3, -0.25) is 0 Å². The molecule has 0 atom stereocenters. The molecule has 6 nitrogen and oxygen atoms in total. The van der Waals surface area contributed by atoms with Crippen LogP contribution in [0.4, 0.5) is 0 Å². The number of hydrogen-bond donors (Lipinski definition) is 1. The second-order valence-electron chi connectivity index (χ2n) is 3.49. The fraction of sp³-hybridized carbons (Fsp3) is 0.500.